The van der Waals surface area contributed by atoms with Crippen molar-refractivity contribution >= 4 is 52.2 Å². The lowest BCUT2D eigenvalue weighted by Crippen LogP contribution is -2.33. The maximum atomic E-state index is 12.6. The Morgan fingerprint density at radius 3 is 2.73 bits per heavy atom. The van der Waals surface area contributed by atoms with Gasteiger partial charge >= 0.3 is 5.97 Å². The van der Waals surface area contributed by atoms with Crippen molar-refractivity contribution in [2.24, 2.45) is 0 Å². The zero-order valence-electron chi connectivity index (χ0n) is 16.6. The van der Waals surface area contributed by atoms with Gasteiger partial charge in [0.2, 0.25) is 5.91 Å². The molecule has 30 heavy (non-hydrogen) atoms. The molecule has 1 aromatic rings. The van der Waals surface area contributed by atoms with E-state index in [-0.39, 0.29) is 37.0 Å². The van der Waals surface area contributed by atoms with Gasteiger partial charge in [0.25, 0.3) is 5.91 Å². The Kier molecular flexibility index (Phi) is 9.13. The van der Waals surface area contributed by atoms with E-state index in [1.54, 1.807) is 18.2 Å². The number of rotatable bonds is 11. The topological polar surface area (TPSA) is 116 Å². The SMILES string of the molecule is COc1cc(/C=C2\SC(=S)N(CCC(=O)NCCCCCC(=O)O)C2=O)ccc1O. The summed E-state index contributed by atoms with van der Waals surface area (Å²) in [5.41, 5.74) is 0.686. The molecule has 0 aromatic heterocycles. The molecule has 0 saturated carbocycles. The molecular formula is C20H24N2O6S2. The lowest BCUT2D eigenvalue weighted by molar-refractivity contribution is -0.137. The van der Waals surface area contributed by atoms with Crippen molar-refractivity contribution in [2.45, 2.75) is 32.1 Å². The second-order valence-electron chi connectivity index (χ2n) is 6.57. The number of unbranched alkanes of at least 4 members (excludes halogenated alkanes) is 2. The van der Waals surface area contributed by atoms with Crippen LogP contribution in [0.3, 0.4) is 0 Å². The summed E-state index contributed by atoms with van der Waals surface area (Å²) in [6, 6.07) is 4.76. The number of phenolic OH excluding ortho intramolecular Hbond substituents is 1. The highest BCUT2D eigenvalue weighted by molar-refractivity contribution is 8.26. The Morgan fingerprint density at radius 1 is 1.27 bits per heavy atom. The highest BCUT2D eigenvalue weighted by atomic mass is 32.2. The third-order valence-corrected chi connectivity index (χ3v) is 5.70. The van der Waals surface area contributed by atoms with Crippen LogP contribution in [0.4, 0.5) is 0 Å². The molecule has 1 aromatic carbocycles. The van der Waals surface area contributed by atoms with Crippen LogP contribution in [0.15, 0.2) is 23.1 Å². The quantitative estimate of drug-likeness (QED) is 0.267. The molecule has 1 heterocycles. The van der Waals surface area contributed by atoms with Gasteiger partial charge in [-0.3, -0.25) is 19.3 Å². The van der Waals surface area contributed by atoms with E-state index in [4.69, 9.17) is 22.1 Å². The monoisotopic (exact) mass is 452 g/mol. The van der Waals surface area contributed by atoms with Gasteiger partial charge in [-0.05, 0) is 36.6 Å². The summed E-state index contributed by atoms with van der Waals surface area (Å²) in [4.78, 5) is 36.9. The normalized spacial score (nSPS) is 15.0. The van der Waals surface area contributed by atoms with E-state index in [9.17, 15) is 19.5 Å². The number of nitrogens with one attached hydrogen (secondary N) is 1. The number of hydrogen-bond acceptors (Lipinski definition) is 7. The molecule has 162 valence electrons. The molecule has 2 rings (SSSR count). The molecule has 10 heteroatoms. The number of aromatic hydroxyl groups is 1. The number of thiocarbonyl (C=S) groups is 1. The lowest BCUT2D eigenvalue weighted by Gasteiger charge is -2.14. The smallest absolute Gasteiger partial charge is 0.303 e. The lowest BCUT2D eigenvalue weighted by atomic mass is 10.2. The first-order valence-corrected chi connectivity index (χ1v) is 10.6. The van der Waals surface area contributed by atoms with Crippen LogP contribution in [0.25, 0.3) is 6.08 Å². The highest BCUT2D eigenvalue weighted by Crippen LogP contribution is 2.34. The Bertz CT molecular complexity index is 856. The van der Waals surface area contributed by atoms with Crippen LogP contribution < -0.4 is 10.1 Å². The number of nitrogens with zero attached hydrogens (tertiary/aromatic N) is 1. The third-order valence-electron chi connectivity index (χ3n) is 4.33. The van der Waals surface area contributed by atoms with Gasteiger partial charge in [-0.15, -0.1) is 0 Å². The van der Waals surface area contributed by atoms with Gasteiger partial charge in [0, 0.05) is 25.9 Å². The molecule has 0 aliphatic carbocycles. The van der Waals surface area contributed by atoms with Crippen molar-refractivity contribution in [3.63, 3.8) is 0 Å². The van der Waals surface area contributed by atoms with E-state index in [1.807, 2.05) is 0 Å². The largest absolute Gasteiger partial charge is 0.504 e. The Labute approximate surface area is 184 Å². The van der Waals surface area contributed by atoms with Gasteiger partial charge in [0.15, 0.2) is 11.5 Å². The van der Waals surface area contributed by atoms with Crippen molar-refractivity contribution in [1.29, 1.82) is 0 Å². The fraction of sp³-hybridized carbons (Fsp3) is 0.400. The molecule has 0 bridgehead atoms. The minimum absolute atomic E-state index is 0.00935. The number of amides is 2. The number of thioether (sulfide) groups is 1. The van der Waals surface area contributed by atoms with Gasteiger partial charge in [-0.2, -0.15) is 0 Å². The molecule has 1 aliphatic heterocycles. The molecule has 8 nitrogen and oxygen atoms in total. The van der Waals surface area contributed by atoms with E-state index < -0.39 is 5.97 Å². The van der Waals surface area contributed by atoms with E-state index in [0.717, 1.165) is 18.2 Å². The first kappa shape index (κ1) is 23.7. The van der Waals surface area contributed by atoms with Gasteiger partial charge in [0.05, 0.1) is 12.0 Å². The number of carbonyl (C=O) groups excluding carboxylic acids is 2. The van der Waals surface area contributed by atoms with Crippen LogP contribution in [-0.2, 0) is 14.4 Å². The summed E-state index contributed by atoms with van der Waals surface area (Å²) in [7, 11) is 1.44. The summed E-state index contributed by atoms with van der Waals surface area (Å²) in [6.45, 7) is 0.658. The number of benzene rings is 1. The van der Waals surface area contributed by atoms with Crippen molar-refractivity contribution in [1.82, 2.24) is 10.2 Å². The predicted molar refractivity (Wildman–Crippen MR) is 118 cm³/mol. The average molecular weight is 453 g/mol. The van der Waals surface area contributed by atoms with E-state index >= 15 is 0 Å². The molecule has 1 aliphatic rings. The number of ether oxygens (including phenoxy) is 1. The minimum atomic E-state index is -0.818. The molecule has 3 N–H and O–H groups in total. The number of carbonyl (C=O) groups is 3. The van der Waals surface area contributed by atoms with Crippen molar-refractivity contribution in [3.8, 4) is 11.5 Å². The zero-order chi connectivity index (χ0) is 22.1. The zero-order valence-corrected chi connectivity index (χ0v) is 18.2. The van der Waals surface area contributed by atoms with Crippen LogP contribution >= 0.6 is 24.0 Å². The van der Waals surface area contributed by atoms with Crippen molar-refractivity contribution in [2.75, 3.05) is 20.2 Å². The maximum Gasteiger partial charge on any atom is 0.303 e. The third kappa shape index (κ3) is 7.03. The number of aliphatic carboxylic acids is 1. The van der Waals surface area contributed by atoms with E-state index in [1.165, 1.54) is 18.1 Å². The summed E-state index contributed by atoms with van der Waals surface area (Å²) in [6.07, 6.45) is 3.95. The maximum absolute atomic E-state index is 12.6. The fourth-order valence-electron chi connectivity index (χ4n) is 2.74. The van der Waals surface area contributed by atoms with Crippen LogP contribution in [0.2, 0.25) is 0 Å². The van der Waals surface area contributed by atoms with Crippen molar-refractivity contribution in [3.05, 3.63) is 28.7 Å². The molecule has 0 radical (unpaired) electrons. The predicted octanol–water partition coefficient (Wildman–Crippen LogP) is 2.75. The van der Waals surface area contributed by atoms with Gasteiger partial charge in [-0.1, -0.05) is 36.5 Å². The molecule has 2 amide bonds. The number of methoxy groups -OCH3 is 1. The molecule has 0 atom stereocenters. The van der Waals surface area contributed by atoms with Gasteiger partial charge in [0.1, 0.15) is 4.32 Å². The summed E-state index contributed by atoms with van der Waals surface area (Å²) < 4.78 is 5.46. The Balaban J connectivity index is 1.82. The Morgan fingerprint density at radius 2 is 2.03 bits per heavy atom. The van der Waals surface area contributed by atoms with Crippen LogP contribution in [0.1, 0.15) is 37.7 Å². The van der Waals surface area contributed by atoms with Gasteiger partial charge in [-0.25, -0.2) is 0 Å². The van der Waals surface area contributed by atoms with Crippen LogP contribution in [-0.4, -0.2) is 57.4 Å². The summed E-state index contributed by atoms with van der Waals surface area (Å²) in [5, 5.41) is 21.0. The first-order valence-electron chi connectivity index (χ1n) is 9.42. The standard InChI is InChI=1S/C20H24N2O6S2/c1-28-15-11-13(6-7-14(15)23)12-16-19(27)22(20(29)30-16)10-8-17(24)21-9-4-2-3-5-18(25)26/h6-7,11-12,23H,2-5,8-10H2,1H3,(H,21,24)(H,25,26)/b16-12-. The Hall–Kier alpha value is -2.59. The van der Waals surface area contributed by atoms with Crippen LogP contribution in [0, 0.1) is 0 Å². The van der Waals surface area contributed by atoms with E-state index in [0.29, 0.717) is 39.9 Å². The second-order valence-corrected chi connectivity index (χ2v) is 8.24. The fourth-order valence-corrected chi connectivity index (χ4v) is 4.04. The van der Waals surface area contributed by atoms with Crippen LogP contribution in [0.5, 0.6) is 11.5 Å². The number of carboxylic acid groups (broad SMARTS) is 1. The van der Waals surface area contributed by atoms with Gasteiger partial charge < -0.3 is 20.3 Å². The highest BCUT2D eigenvalue weighted by Gasteiger charge is 2.32. The number of carboxylic acids is 1. The molecule has 1 saturated heterocycles. The summed E-state index contributed by atoms with van der Waals surface area (Å²) in [5.74, 6) is -0.955. The molecule has 0 spiro atoms. The summed E-state index contributed by atoms with van der Waals surface area (Å²) >= 11 is 6.43. The molecule has 0 unspecified atom stereocenters. The van der Waals surface area contributed by atoms with Crippen molar-refractivity contribution < 1.29 is 29.3 Å². The minimum Gasteiger partial charge on any atom is -0.504 e. The number of hydrogen-bond donors (Lipinski definition) is 3. The van der Waals surface area contributed by atoms with E-state index in [2.05, 4.69) is 5.32 Å². The molecule has 1 fully saturated rings. The number of phenols is 1. The second kappa shape index (κ2) is 11.6. The molecular weight excluding hydrogens is 428 g/mol. The average Bonchev–Trinajstić information content (AvgIpc) is 2.96. The first-order chi connectivity index (χ1) is 14.3.